The minimum absolute atomic E-state index is 0.0375. The fourth-order valence-corrected chi connectivity index (χ4v) is 3.49. The predicted octanol–water partition coefficient (Wildman–Crippen LogP) is 1.84. The van der Waals surface area contributed by atoms with E-state index in [1.165, 1.54) is 25.1 Å². The summed E-state index contributed by atoms with van der Waals surface area (Å²) >= 11 is 0. The molecule has 2 aromatic rings. The smallest absolute Gasteiger partial charge is 0.243 e. The molecule has 7 heteroatoms. The number of hydrogen-bond donors (Lipinski definition) is 2. The molecule has 1 atom stereocenters. The summed E-state index contributed by atoms with van der Waals surface area (Å²) in [6.07, 6.45) is 1.71. The summed E-state index contributed by atoms with van der Waals surface area (Å²) in [5.74, 6) is -0.691. The molecular formula is C20H22N2O4S. The van der Waals surface area contributed by atoms with Gasteiger partial charge in [-0.2, -0.15) is 0 Å². The van der Waals surface area contributed by atoms with E-state index in [1.54, 1.807) is 18.2 Å². The SMILES string of the molecule is CC(=O)N[C@@H](Cc1ccccc1)C(=O)NC/C=C/S(=O)(=O)c1ccccc1. The van der Waals surface area contributed by atoms with Crippen LogP contribution in [0.1, 0.15) is 12.5 Å². The first-order chi connectivity index (χ1) is 12.9. The van der Waals surface area contributed by atoms with Gasteiger partial charge in [-0.3, -0.25) is 9.59 Å². The molecule has 0 saturated carbocycles. The van der Waals surface area contributed by atoms with Crippen molar-refractivity contribution in [2.75, 3.05) is 6.54 Å². The molecule has 0 aromatic heterocycles. The molecule has 2 aromatic carbocycles. The number of nitrogens with one attached hydrogen (secondary N) is 2. The Kier molecular flexibility index (Phi) is 7.31. The molecule has 0 aliphatic carbocycles. The summed E-state index contributed by atoms with van der Waals surface area (Å²) in [7, 11) is -3.55. The van der Waals surface area contributed by atoms with Gasteiger partial charge in [0.2, 0.25) is 11.8 Å². The summed E-state index contributed by atoms with van der Waals surface area (Å²) < 4.78 is 24.3. The van der Waals surface area contributed by atoms with Crippen LogP contribution in [0.3, 0.4) is 0 Å². The first-order valence-electron chi connectivity index (χ1n) is 8.44. The number of hydrogen-bond acceptors (Lipinski definition) is 4. The maximum absolute atomic E-state index is 12.4. The van der Waals surface area contributed by atoms with E-state index in [9.17, 15) is 18.0 Å². The lowest BCUT2D eigenvalue weighted by atomic mass is 10.1. The van der Waals surface area contributed by atoms with Gasteiger partial charge in [-0.05, 0) is 17.7 Å². The van der Waals surface area contributed by atoms with Gasteiger partial charge in [-0.15, -0.1) is 0 Å². The third-order valence-corrected chi connectivity index (χ3v) is 5.20. The van der Waals surface area contributed by atoms with Crippen molar-refractivity contribution in [3.8, 4) is 0 Å². The fraction of sp³-hybridized carbons (Fsp3) is 0.200. The minimum Gasteiger partial charge on any atom is -0.351 e. The Morgan fingerprint density at radius 1 is 1.00 bits per heavy atom. The van der Waals surface area contributed by atoms with Crippen molar-refractivity contribution in [2.24, 2.45) is 0 Å². The topological polar surface area (TPSA) is 92.3 Å². The second-order valence-corrected chi connectivity index (χ2v) is 7.75. The van der Waals surface area contributed by atoms with Gasteiger partial charge in [0.05, 0.1) is 4.90 Å². The van der Waals surface area contributed by atoms with Crippen molar-refractivity contribution in [1.29, 1.82) is 0 Å². The molecular weight excluding hydrogens is 364 g/mol. The number of sulfone groups is 1. The monoisotopic (exact) mass is 386 g/mol. The molecule has 0 radical (unpaired) electrons. The molecule has 142 valence electrons. The maximum Gasteiger partial charge on any atom is 0.243 e. The Hall–Kier alpha value is -2.93. The predicted molar refractivity (Wildman–Crippen MR) is 104 cm³/mol. The summed E-state index contributed by atoms with van der Waals surface area (Å²) in [4.78, 5) is 23.9. The molecule has 2 amide bonds. The van der Waals surface area contributed by atoms with Crippen LogP contribution in [0.25, 0.3) is 0 Å². The molecule has 6 nitrogen and oxygen atoms in total. The maximum atomic E-state index is 12.4. The summed E-state index contributed by atoms with van der Waals surface area (Å²) in [6.45, 7) is 1.38. The third kappa shape index (κ3) is 6.71. The largest absolute Gasteiger partial charge is 0.351 e. The zero-order valence-electron chi connectivity index (χ0n) is 15.0. The van der Waals surface area contributed by atoms with Gasteiger partial charge in [0.15, 0.2) is 9.84 Å². The first-order valence-corrected chi connectivity index (χ1v) is 9.98. The Bertz CT molecular complexity index is 894. The number of amides is 2. The second-order valence-electron chi connectivity index (χ2n) is 5.92. The average Bonchev–Trinajstić information content (AvgIpc) is 2.66. The Labute approximate surface area is 159 Å². The van der Waals surface area contributed by atoms with Gasteiger partial charge in [-0.1, -0.05) is 54.6 Å². The Morgan fingerprint density at radius 2 is 1.59 bits per heavy atom. The van der Waals surface area contributed by atoms with E-state index in [0.29, 0.717) is 6.42 Å². The summed E-state index contributed by atoms with van der Waals surface area (Å²) in [5.41, 5.74) is 0.911. The second kappa shape index (κ2) is 9.68. The molecule has 0 aliphatic rings. The summed E-state index contributed by atoms with van der Waals surface area (Å²) in [6, 6.07) is 16.6. The molecule has 27 heavy (non-hydrogen) atoms. The third-order valence-electron chi connectivity index (χ3n) is 3.72. The van der Waals surface area contributed by atoms with Crippen molar-refractivity contribution >= 4 is 21.7 Å². The van der Waals surface area contributed by atoms with Crippen LogP contribution in [-0.4, -0.2) is 32.8 Å². The van der Waals surface area contributed by atoms with Crippen LogP contribution in [0, 0.1) is 0 Å². The molecule has 0 heterocycles. The minimum atomic E-state index is -3.55. The standard InChI is InChI=1S/C20H22N2O4S/c1-16(23)22-19(15-17-9-4-2-5-10-17)20(24)21-13-8-14-27(25,26)18-11-6-3-7-12-18/h2-12,14,19H,13,15H2,1H3,(H,21,24)(H,22,23)/b14-8+/t19-/m0/s1. The van der Waals surface area contributed by atoms with Crippen LogP contribution in [0.5, 0.6) is 0 Å². The molecule has 0 bridgehead atoms. The quantitative estimate of drug-likeness (QED) is 0.724. The first kappa shape index (κ1) is 20.4. The normalized spacial score (nSPS) is 12.5. The highest BCUT2D eigenvalue weighted by Gasteiger charge is 2.19. The highest BCUT2D eigenvalue weighted by Crippen LogP contribution is 2.10. The lowest BCUT2D eigenvalue weighted by molar-refractivity contribution is -0.127. The van der Waals surface area contributed by atoms with Gasteiger partial charge >= 0.3 is 0 Å². The van der Waals surface area contributed by atoms with Crippen molar-refractivity contribution in [3.05, 3.63) is 77.7 Å². The molecule has 2 N–H and O–H groups in total. The van der Waals surface area contributed by atoms with Crippen LogP contribution in [-0.2, 0) is 25.8 Å². The molecule has 0 spiro atoms. The molecule has 2 rings (SSSR count). The molecule has 0 saturated heterocycles. The fourth-order valence-electron chi connectivity index (χ4n) is 2.45. The van der Waals surface area contributed by atoms with E-state index in [4.69, 9.17) is 0 Å². The zero-order chi connectivity index (χ0) is 19.7. The lowest BCUT2D eigenvalue weighted by Gasteiger charge is -2.17. The Balaban J connectivity index is 1.95. The number of benzene rings is 2. The number of carbonyl (C=O) groups is 2. The van der Waals surface area contributed by atoms with Crippen LogP contribution >= 0.6 is 0 Å². The molecule has 0 aliphatic heterocycles. The lowest BCUT2D eigenvalue weighted by Crippen LogP contribution is -2.47. The van der Waals surface area contributed by atoms with E-state index in [2.05, 4.69) is 10.6 Å². The Morgan fingerprint density at radius 3 is 2.19 bits per heavy atom. The molecule has 0 unspecified atom stereocenters. The van der Waals surface area contributed by atoms with E-state index in [1.807, 2.05) is 30.3 Å². The highest BCUT2D eigenvalue weighted by atomic mass is 32.2. The van der Waals surface area contributed by atoms with E-state index >= 15 is 0 Å². The van der Waals surface area contributed by atoms with Gasteiger partial charge in [-0.25, -0.2) is 8.42 Å². The van der Waals surface area contributed by atoms with Crippen molar-refractivity contribution in [3.63, 3.8) is 0 Å². The number of carbonyl (C=O) groups excluding carboxylic acids is 2. The van der Waals surface area contributed by atoms with Gasteiger partial charge in [0, 0.05) is 25.3 Å². The van der Waals surface area contributed by atoms with Gasteiger partial charge in [0.25, 0.3) is 0 Å². The molecule has 0 fully saturated rings. The van der Waals surface area contributed by atoms with E-state index < -0.39 is 15.9 Å². The summed E-state index contributed by atoms with van der Waals surface area (Å²) in [5, 5.41) is 6.31. The van der Waals surface area contributed by atoms with Gasteiger partial charge in [0.1, 0.15) is 6.04 Å². The van der Waals surface area contributed by atoms with E-state index in [0.717, 1.165) is 11.0 Å². The van der Waals surface area contributed by atoms with Crippen LogP contribution in [0.15, 0.2) is 77.0 Å². The van der Waals surface area contributed by atoms with Crippen LogP contribution in [0.2, 0.25) is 0 Å². The van der Waals surface area contributed by atoms with Crippen LogP contribution < -0.4 is 10.6 Å². The van der Waals surface area contributed by atoms with E-state index in [-0.39, 0.29) is 23.3 Å². The van der Waals surface area contributed by atoms with Crippen molar-refractivity contribution in [1.82, 2.24) is 10.6 Å². The van der Waals surface area contributed by atoms with Gasteiger partial charge < -0.3 is 10.6 Å². The van der Waals surface area contributed by atoms with Crippen molar-refractivity contribution in [2.45, 2.75) is 24.3 Å². The average molecular weight is 386 g/mol. The zero-order valence-corrected chi connectivity index (χ0v) is 15.8. The van der Waals surface area contributed by atoms with Crippen molar-refractivity contribution < 1.29 is 18.0 Å². The number of rotatable bonds is 8. The highest BCUT2D eigenvalue weighted by molar-refractivity contribution is 7.94. The van der Waals surface area contributed by atoms with Crippen LogP contribution in [0.4, 0.5) is 0 Å².